The van der Waals surface area contributed by atoms with Crippen LogP contribution in [0.3, 0.4) is 0 Å². The lowest BCUT2D eigenvalue weighted by Gasteiger charge is -2.21. The number of aromatic nitrogens is 2. The first kappa shape index (κ1) is 17.3. The van der Waals surface area contributed by atoms with E-state index < -0.39 is 0 Å². The van der Waals surface area contributed by atoms with Gasteiger partial charge in [0.15, 0.2) is 5.82 Å². The Morgan fingerprint density at radius 2 is 2.28 bits per heavy atom. The molecule has 7 heteroatoms. The summed E-state index contributed by atoms with van der Waals surface area (Å²) >= 11 is 0. The maximum absolute atomic E-state index is 12.1. The van der Waals surface area contributed by atoms with Gasteiger partial charge in [-0.05, 0) is 38.0 Å². The predicted molar refractivity (Wildman–Crippen MR) is 94.9 cm³/mol. The Balaban J connectivity index is 1.78. The van der Waals surface area contributed by atoms with Gasteiger partial charge in [-0.15, -0.1) is 0 Å². The molecule has 134 valence electrons. The normalized spacial score (nSPS) is 15.5. The molecule has 1 aromatic carbocycles. The molecular formula is C18H24N4O3. The second-order valence-corrected chi connectivity index (χ2v) is 6.20. The van der Waals surface area contributed by atoms with Gasteiger partial charge in [0.1, 0.15) is 11.8 Å². The van der Waals surface area contributed by atoms with Crippen molar-refractivity contribution >= 4 is 17.3 Å². The van der Waals surface area contributed by atoms with Crippen molar-refractivity contribution in [2.24, 2.45) is 0 Å². The van der Waals surface area contributed by atoms with Crippen molar-refractivity contribution in [3.63, 3.8) is 0 Å². The first-order chi connectivity index (χ1) is 12.1. The molecule has 1 amide bonds. The van der Waals surface area contributed by atoms with E-state index in [1.54, 1.807) is 12.0 Å². The third kappa shape index (κ3) is 3.75. The van der Waals surface area contributed by atoms with Crippen LogP contribution >= 0.6 is 0 Å². The zero-order valence-corrected chi connectivity index (χ0v) is 14.9. The Bertz CT molecular complexity index is 744. The molecule has 3 rings (SSSR count). The number of methoxy groups -OCH3 is 1. The minimum Gasteiger partial charge on any atom is -0.495 e. The molecule has 0 bridgehead atoms. The molecule has 2 aromatic rings. The summed E-state index contributed by atoms with van der Waals surface area (Å²) in [4.78, 5) is 18.3. The number of nitrogens with one attached hydrogen (secondary N) is 1. The van der Waals surface area contributed by atoms with Crippen LogP contribution in [0.15, 0.2) is 22.7 Å². The van der Waals surface area contributed by atoms with Crippen LogP contribution in [-0.4, -0.2) is 29.7 Å². The van der Waals surface area contributed by atoms with E-state index in [2.05, 4.69) is 22.4 Å². The molecule has 1 unspecified atom stereocenters. The number of amides is 1. The van der Waals surface area contributed by atoms with E-state index in [-0.39, 0.29) is 11.9 Å². The molecule has 1 N–H and O–H groups in total. The first-order valence-electron chi connectivity index (χ1n) is 8.69. The number of anilines is 2. The van der Waals surface area contributed by atoms with Crippen LogP contribution in [0.5, 0.6) is 5.75 Å². The van der Waals surface area contributed by atoms with E-state index in [0.717, 1.165) is 43.0 Å². The van der Waals surface area contributed by atoms with Gasteiger partial charge in [-0.1, -0.05) is 12.1 Å². The summed E-state index contributed by atoms with van der Waals surface area (Å²) in [5, 5.41) is 7.34. The third-order valence-electron chi connectivity index (χ3n) is 4.25. The molecule has 0 radical (unpaired) electrons. The standard InChI is InChI=1S/C18H24N4O3/c1-4-6-16-20-18(25-21-16)12(2)19-13-8-9-15(24-3)14(11-13)22-10-5-7-17(22)23/h8-9,11-12,19H,4-7,10H2,1-3H3. The maximum atomic E-state index is 12.1. The van der Waals surface area contributed by atoms with Crippen LogP contribution in [-0.2, 0) is 11.2 Å². The molecule has 0 aliphatic carbocycles. The number of nitrogens with zero attached hydrogens (tertiary/aromatic N) is 3. The van der Waals surface area contributed by atoms with Gasteiger partial charge in [-0.3, -0.25) is 4.79 Å². The topological polar surface area (TPSA) is 80.5 Å². The average Bonchev–Trinajstić information content (AvgIpc) is 3.24. The number of hydrogen-bond acceptors (Lipinski definition) is 6. The van der Waals surface area contributed by atoms with Crippen molar-refractivity contribution in [3.8, 4) is 5.75 Å². The minimum atomic E-state index is -0.131. The van der Waals surface area contributed by atoms with Gasteiger partial charge in [0.25, 0.3) is 0 Å². The second-order valence-electron chi connectivity index (χ2n) is 6.20. The third-order valence-corrected chi connectivity index (χ3v) is 4.25. The second kappa shape index (κ2) is 7.55. The molecule has 25 heavy (non-hydrogen) atoms. The molecule has 2 heterocycles. The smallest absolute Gasteiger partial charge is 0.248 e. The van der Waals surface area contributed by atoms with Crippen LogP contribution in [0.1, 0.15) is 50.9 Å². The molecule has 1 aliphatic rings. The fourth-order valence-corrected chi connectivity index (χ4v) is 2.97. The highest BCUT2D eigenvalue weighted by Gasteiger charge is 2.25. The fraction of sp³-hybridized carbons (Fsp3) is 0.500. The number of ether oxygens (including phenoxy) is 1. The zero-order valence-electron chi connectivity index (χ0n) is 14.9. The molecule has 1 aromatic heterocycles. The van der Waals surface area contributed by atoms with Gasteiger partial charge in [0.05, 0.1) is 12.8 Å². The van der Waals surface area contributed by atoms with Crippen molar-refractivity contribution in [1.82, 2.24) is 10.1 Å². The molecule has 7 nitrogen and oxygen atoms in total. The van der Waals surface area contributed by atoms with Crippen LogP contribution < -0.4 is 15.0 Å². The number of rotatable bonds is 7. The van der Waals surface area contributed by atoms with E-state index in [1.165, 1.54) is 0 Å². The van der Waals surface area contributed by atoms with Crippen LogP contribution in [0.2, 0.25) is 0 Å². The van der Waals surface area contributed by atoms with Crippen molar-refractivity contribution < 1.29 is 14.1 Å². The van der Waals surface area contributed by atoms with Crippen molar-refractivity contribution in [3.05, 3.63) is 29.9 Å². The molecular weight excluding hydrogens is 320 g/mol. The minimum absolute atomic E-state index is 0.129. The Kier molecular flexibility index (Phi) is 5.21. The van der Waals surface area contributed by atoms with Crippen LogP contribution in [0.4, 0.5) is 11.4 Å². The zero-order chi connectivity index (χ0) is 17.8. The van der Waals surface area contributed by atoms with Gasteiger partial charge in [0, 0.05) is 25.1 Å². The summed E-state index contributed by atoms with van der Waals surface area (Å²) < 4.78 is 10.7. The highest BCUT2D eigenvalue weighted by Crippen LogP contribution is 2.34. The molecule has 0 spiro atoms. The highest BCUT2D eigenvalue weighted by molar-refractivity contribution is 5.97. The summed E-state index contributed by atoms with van der Waals surface area (Å²) in [6.45, 7) is 4.77. The molecule has 1 atom stereocenters. The van der Waals surface area contributed by atoms with E-state index in [0.29, 0.717) is 18.1 Å². The summed E-state index contributed by atoms with van der Waals surface area (Å²) in [6, 6.07) is 5.59. The lowest BCUT2D eigenvalue weighted by molar-refractivity contribution is -0.117. The van der Waals surface area contributed by atoms with Gasteiger partial charge >= 0.3 is 0 Å². The number of aryl methyl sites for hydroxylation is 1. The number of carbonyl (C=O) groups is 1. The Labute approximate surface area is 147 Å². The van der Waals surface area contributed by atoms with Crippen LogP contribution in [0.25, 0.3) is 0 Å². The van der Waals surface area contributed by atoms with E-state index in [9.17, 15) is 4.79 Å². The maximum Gasteiger partial charge on any atom is 0.248 e. The van der Waals surface area contributed by atoms with Crippen LogP contribution in [0, 0.1) is 0 Å². The number of carbonyl (C=O) groups excluding carboxylic acids is 1. The summed E-state index contributed by atoms with van der Waals surface area (Å²) in [7, 11) is 1.61. The highest BCUT2D eigenvalue weighted by atomic mass is 16.5. The lowest BCUT2D eigenvalue weighted by Crippen LogP contribution is -2.24. The number of hydrogen-bond donors (Lipinski definition) is 1. The molecule has 1 fully saturated rings. The van der Waals surface area contributed by atoms with Crippen molar-refractivity contribution in [1.29, 1.82) is 0 Å². The van der Waals surface area contributed by atoms with Gasteiger partial charge in [-0.2, -0.15) is 4.98 Å². The Hall–Kier alpha value is -2.57. The van der Waals surface area contributed by atoms with Crippen molar-refractivity contribution in [2.75, 3.05) is 23.9 Å². The average molecular weight is 344 g/mol. The fourth-order valence-electron chi connectivity index (χ4n) is 2.97. The van der Waals surface area contributed by atoms with Crippen molar-refractivity contribution in [2.45, 2.75) is 45.6 Å². The molecule has 1 saturated heterocycles. The predicted octanol–water partition coefficient (Wildman–Crippen LogP) is 3.33. The monoisotopic (exact) mass is 344 g/mol. The van der Waals surface area contributed by atoms with Gasteiger partial charge in [-0.25, -0.2) is 0 Å². The van der Waals surface area contributed by atoms with E-state index >= 15 is 0 Å². The first-order valence-corrected chi connectivity index (χ1v) is 8.69. The molecule has 1 aliphatic heterocycles. The van der Waals surface area contributed by atoms with Gasteiger partial charge < -0.3 is 19.5 Å². The van der Waals surface area contributed by atoms with E-state index in [1.807, 2.05) is 25.1 Å². The summed E-state index contributed by atoms with van der Waals surface area (Å²) in [5.41, 5.74) is 1.66. The quantitative estimate of drug-likeness (QED) is 0.830. The summed E-state index contributed by atoms with van der Waals surface area (Å²) in [5.74, 6) is 2.10. The largest absolute Gasteiger partial charge is 0.495 e. The SMILES string of the molecule is CCCc1noc(C(C)Nc2ccc(OC)c(N3CCCC3=O)c2)n1. The number of benzene rings is 1. The summed E-state index contributed by atoms with van der Waals surface area (Å²) in [6.07, 6.45) is 3.24. The Morgan fingerprint density at radius 1 is 1.44 bits per heavy atom. The lowest BCUT2D eigenvalue weighted by atomic mass is 10.2. The molecule has 0 saturated carbocycles. The van der Waals surface area contributed by atoms with Gasteiger partial charge in [0.2, 0.25) is 11.8 Å². The Morgan fingerprint density at radius 3 is 2.96 bits per heavy atom. The van der Waals surface area contributed by atoms with E-state index in [4.69, 9.17) is 9.26 Å².